The number of hydrogen-bond donors (Lipinski definition) is 1. The Labute approximate surface area is 167 Å². The smallest absolute Gasteiger partial charge is 0.229 e. The van der Waals surface area contributed by atoms with Crippen LogP contribution in [0.5, 0.6) is 5.75 Å². The van der Waals surface area contributed by atoms with Gasteiger partial charge in [-0.1, -0.05) is 65.6 Å². The lowest BCUT2D eigenvalue weighted by Gasteiger charge is -2.09. The van der Waals surface area contributed by atoms with E-state index >= 15 is 0 Å². The summed E-state index contributed by atoms with van der Waals surface area (Å²) in [7, 11) is 0. The van der Waals surface area contributed by atoms with E-state index in [2.05, 4.69) is 27.6 Å². The Kier molecular flexibility index (Phi) is 6.84. The number of carbonyl (C=O) groups is 1. The summed E-state index contributed by atoms with van der Waals surface area (Å²) in [5.41, 5.74) is 3.42. The van der Waals surface area contributed by atoms with E-state index in [9.17, 15) is 4.79 Å². The molecule has 0 spiro atoms. The zero-order chi connectivity index (χ0) is 19.1. The molecule has 1 N–H and O–H groups in total. The molecule has 0 unspecified atom stereocenters. The Hall–Kier alpha value is -2.38. The van der Waals surface area contributed by atoms with E-state index in [4.69, 9.17) is 4.74 Å². The molecule has 27 heavy (non-hydrogen) atoms. The molecule has 7 heteroatoms. The highest BCUT2D eigenvalue weighted by atomic mass is 32.2. The maximum atomic E-state index is 12.1. The maximum Gasteiger partial charge on any atom is 0.229 e. The summed E-state index contributed by atoms with van der Waals surface area (Å²) in [6.07, 6.45) is 0.263. The predicted octanol–water partition coefficient (Wildman–Crippen LogP) is 4.85. The minimum atomic E-state index is -0.129. The van der Waals surface area contributed by atoms with Crippen LogP contribution in [-0.2, 0) is 10.5 Å². The quantitative estimate of drug-likeness (QED) is 0.433. The molecule has 0 bridgehead atoms. The fourth-order valence-electron chi connectivity index (χ4n) is 2.34. The maximum absolute atomic E-state index is 12.1. The second kappa shape index (κ2) is 9.53. The zero-order valence-corrected chi connectivity index (χ0v) is 16.9. The molecule has 1 amide bonds. The molecule has 0 atom stereocenters. The van der Waals surface area contributed by atoms with Crippen molar-refractivity contribution in [2.75, 3.05) is 11.9 Å². The number of ether oxygens (including phenoxy) is 1. The van der Waals surface area contributed by atoms with E-state index in [0.717, 1.165) is 27.0 Å². The highest BCUT2D eigenvalue weighted by Gasteiger charge is 2.09. The lowest BCUT2D eigenvalue weighted by molar-refractivity contribution is -0.116. The molecule has 0 aliphatic carbocycles. The van der Waals surface area contributed by atoms with Crippen molar-refractivity contribution in [2.24, 2.45) is 0 Å². The van der Waals surface area contributed by atoms with Crippen molar-refractivity contribution < 1.29 is 9.53 Å². The standard InChI is InChI=1S/C20H21N3O2S2/c1-14-8-9-15(2)17(12-14)25-11-10-18(24)21-19-22-23-20(27-19)26-13-16-6-4-3-5-7-16/h3-9,12H,10-11,13H2,1-2H3,(H,21,22,24). The largest absolute Gasteiger partial charge is 0.493 e. The molecule has 0 saturated carbocycles. The molecule has 3 rings (SSSR count). The van der Waals surface area contributed by atoms with Crippen LogP contribution in [0.3, 0.4) is 0 Å². The first-order chi connectivity index (χ1) is 13.1. The van der Waals surface area contributed by atoms with Gasteiger partial charge in [0, 0.05) is 5.75 Å². The zero-order valence-electron chi connectivity index (χ0n) is 15.3. The summed E-state index contributed by atoms with van der Waals surface area (Å²) in [5.74, 6) is 1.52. The van der Waals surface area contributed by atoms with Gasteiger partial charge in [-0.2, -0.15) is 0 Å². The lowest BCUT2D eigenvalue weighted by atomic mass is 10.1. The predicted molar refractivity (Wildman–Crippen MR) is 111 cm³/mol. The first kappa shape index (κ1) is 19.4. The van der Waals surface area contributed by atoms with Crippen LogP contribution in [0.4, 0.5) is 5.13 Å². The van der Waals surface area contributed by atoms with Gasteiger partial charge >= 0.3 is 0 Å². The highest BCUT2D eigenvalue weighted by molar-refractivity contribution is 8.00. The number of aryl methyl sites for hydroxylation is 2. The summed E-state index contributed by atoms with van der Waals surface area (Å²) >= 11 is 2.99. The number of aromatic nitrogens is 2. The van der Waals surface area contributed by atoms with Gasteiger partial charge < -0.3 is 10.1 Å². The fourth-order valence-corrected chi connectivity index (χ4v) is 4.06. The SMILES string of the molecule is Cc1ccc(C)c(OCCC(=O)Nc2nnc(SCc3ccccc3)s2)c1. The van der Waals surface area contributed by atoms with Crippen LogP contribution in [-0.4, -0.2) is 22.7 Å². The van der Waals surface area contributed by atoms with E-state index in [-0.39, 0.29) is 12.3 Å². The van der Waals surface area contributed by atoms with Gasteiger partial charge in [-0.15, -0.1) is 10.2 Å². The van der Waals surface area contributed by atoms with Crippen molar-refractivity contribution in [3.8, 4) is 5.75 Å². The van der Waals surface area contributed by atoms with Gasteiger partial charge in [-0.05, 0) is 36.6 Å². The molecule has 0 aliphatic rings. The van der Waals surface area contributed by atoms with Crippen LogP contribution in [0.2, 0.25) is 0 Å². The number of hydrogen-bond acceptors (Lipinski definition) is 6. The molecule has 3 aromatic rings. The van der Waals surface area contributed by atoms with Gasteiger partial charge in [0.15, 0.2) is 4.34 Å². The molecule has 140 valence electrons. The number of anilines is 1. The van der Waals surface area contributed by atoms with Crippen LogP contribution in [0, 0.1) is 13.8 Å². The van der Waals surface area contributed by atoms with Crippen molar-refractivity contribution in [1.29, 1.82) is 0 Å². The minimum Gasteiger partial charge on any atom is -0.493 e. The Bertz CT molecular complexity index is 897. The molecule has 0 aliphatic heterocycles. The van der Waals surface area contributed by atoms with Gasteiger partial charge in [-0.3, -0.25) is 4.79 Å². The normalized spacial score (nSPS) is 10.6. The number of nitrogens with zero attached hydrogens (tertiary/aromatic N) is 2. The molecule has 0 fully saturated rings. The van der Waals surface area contributed by atoms with Crippen LogP contribution >= 0.6 is 23.1 Å². The van der Waals surface area contributed by atoms with Crippen molar-refractivity contribution >= 4 is 34.1 Å². The van der Waals surface area contributed by atoms with Crippen LogP contribution < -0.4 is 10.1 Å². The van der Waals surface area contributed by atoms with E-state index in [1.54, 1.807) is 11.8 Å². The van der Waals surface area contributed by atoms with Gasteiger partial charge in [0.25, 0.3) is 0 Å². The molecular formula is C20H21N3O2S2. The first-order valence-corrected chi connectivity index (χ1v) is 10.4. The van der Waals surface area contributed by atoms with Gasteiger partial charge in [0.05, 0.1) is 13.0 Å². The third-order valence-corrected chi connectivity index (χ3v) is 5.83. The monoisotopic (exact) mass is 399 g/mol. The minimum absolute atomic E-state index is 0.129. The molecule has 0 radical (unpaired) electrons. The first-order valence-electron chi connectivity index (χ1n) is 8.60. The number of nitrogens with one attached hydrogen (secondary N) is 1. The molecule has 1 heterocycles. The van der Waals surface area contributed by atoms with Crippen molar-refractivity contribution in [3.05, 3.63) is 65.2 Å². The van der Waals surface area contributed by atoms with Crippen molar-refractivity contribution in [2.45, 2.75) is 30.4 Å². The number of amides is 1. The van der Waals surface area contributed by atoms with Gasteiger partial charge in [0.1, 0.15) is 5.75 Å². The topological polar surface area (TPSA) is 64.1 Å². The Morgan fingerprint density at radius 1 is 1.15 bits per heavy atom. The second-order valence-electron chi connectivity index (χ2n) is 6.06. The molecular weight excluding hydrogens is 378 g/mol. The Balaban J connectivity index is 1.43. The average Bonchev–Trinajstić information content (AvgIpc) is 3.11. The molecule has 2 aromatic carbocycles. The van der Waals surface area contributed by atoms with Crippen molar-refractivity contribution in [3.63, 3.8) is 0 Å². The Morgan fingerprint density at radius 3 is 2.78 bits per heavy atom. The van der Waals surface area contributed by atoms with E-state index in [0.29, 0.717) is 11.7 Å². The van der Waals surface area contributed by atoms with Crippen LogP contribution in [0.15, 0.2) is 52.9 Å². The summed E-state index contributed by atoms with van der Waals surface area (Å²) in [5, 5.41) is 11.5. The number of benzene rings is 2. The van der Waals surface area contributed by atoms with Gasteiger partial charge in [-0.25, -0.2) is 0 Å². The summed E-state index contributed by atoms with van der Waals surface area (Å²) in [4.78, 5) is 12.1. The highest BCUT2D eigenvalue weighted by Crippen LogP contribution is 2.28. The molecule has 1 aromatic heterocycles. The van der Waals surface area contributed by atoms with Crippen molar-refractivity contribution in [1.82, 2.24) is 10.2 Å². The number of thioether (sulfide) groups is 1. The van der Waals surface area contributed by atoms with Gasteiger partial charge in [0.2, 0.25) is 11.0 Å². The third kappa shape index (κ3) is 6.08. The second-order valence-corrected chi connectivity index (χ2v) is 8.26. The van der Waals surface area contributed by atoms with Crippen LogP contribution in [0.1, 0.15) is 23.1 Å². The van der Waals surface area contributed by atoms with E-state index in [1.165, 1.54) is 16.9 Å². The number of rotatable bonds is 8. The summed E-state index contributed by atoms with van der Waals surface area (Å²) in [6, 6.07) is 16.2. The molecule has 0 saturated heterocycles. The summed E-state index contributed by atoms with van der Waals surface area (Å²) < 4.78 is 6.56. The van der Waals surface area contributed by atoms with E-state index in [1.807, 2.05) is 50.2 Å². The molecule has 5 nitrogen and oxygen atoms in total. The van der Waals surface area contributed by atoms with Crippen LogP contribution in [0.25, 0.3) is 0 Å². The lowest BCUT2D eigenvalue weighted by Crippen LogP contribution is -2.15. The van der Waals surface area contributed by atoms with E-state index < -0.39 is 0 Å². The summed E-state index contributed by atoms with van der Waals surface area (Å²) in [6.45, 7) is 4.33. The Morgan fingerprint density at radius 2 is 1.96 bits per heavy atom. The average molecular weight is 400 g/mol. The fraction of sp³-hybridized carbons (Fsp3) is 0.250. The third-order valence-electron chi connectivity index (χ3n) is 3.79. The number of carbonyl (C=O) groups excluding carboxylic acids is 1.